The van der Waals surface area contributed by atoms with Crippen molar-refractivity contribution in [2.45, 2.75) is 38.7 Å². The van der Waals surface area contributed by atoms with E-state index in [1.54, 1.807) is 0 Å². The van der Waals surface area contributed by atoms with Crippen LogP contribution in [-0.4, -0.2) is 6.00 Å². The summed E-state index contributed by atoms with van der Waals surface area (Å²) >= 11 is 17.4. The Hall–Kier alpha value is 1.09. The number of hydrogen-bond donors (Lipinski definition) is 0. The molecule has 4 heteroatoms. The maximum atomic E-state index is 5.79. The summed E-state index contributed by atoms with van der Waals surface area (Å²) in [6.45, 7) is 4.17. The van der Waals surface area contributed by atoms with Gasteiger partial charge in [-0.05, 0) is 12.0 Å². The van der Waals surface area contributed by atoms with Gasteiger partial charge in [0, 0.05) is 0 Å². The normalized spacial score (nSPS) is 15.3. The van der Waals surface area contributed by atoms with Gasteiger partial charge in [-0.3, -0.25) is 0 Å². The quantitative estimate of drug-likeness (QED) is 0.491. The highest BCUT2D eigenvalue weighted by molar-refractivity contribution is 7.65. The Bertz CT molecular complexity index is 89.5. The number of unbranched alkanes of at least 4 members (excludes halogenated alkanes) is 1. The molecule has 0 heterocycles. The molecule has 0 rings (SSSR count). The van der Waals surface area contributed by atoms with E-state index >= 15 is 0 Å². The first-order chi connectivity index (χ1) is 4.48. The van der Waals surface area contributed by atoms with E-state index in [1.807, 2.05) is 6.92 Å². The molecule has 0 fully saturated rings. The third-order valence-electron chi connectivity index (χ3n) is 1.55. The molecule has 0 aromatic heterocycles. The van der Waals surface area contributed by atoms with E-state index in [0.29, 0.717) is 5.54 Å². The molecule has 0 saturated heterocycles. The third kappa shape index (κ3) is 4.83. The molecule has 0 radical (unpaired) electrons. The molecule has 10 heavy (non-hydrogen) atoms. The lowest BCUT2D eigenvalue weighted by atomic mass is 10.2. The maximum absolute atomic E-state index is 5.79. The highest BCUT2D eigenvalue weighted by Gasteiger charge is 2.32. The first kappa shape index (κ1) is 11.1. The van der Waals surface area contributed by atoms with Gasteiger partial charge in [0.05, 0.1) is 0 Å². The number of rotatable bonds is 4. The van der Waals surface area contributed by atoms with Crippen molar-refractivity contribution in [2.24, 2.45) is 0 Å². The van der Waals surface area contributed by atoms with Crippen molar-refractivity contribution >= 4 is 39.2 Å². The molecule has 0 aliphatic heterocycles. The van der Waals surface area contributed by atoms with E-state index in [4.69, 9.17) is 33.2 Å². The summed E-state index contributed by atoms with van der Waals surface area (Å²) in [6.07, 6.45) is 3.40. The maximum Gasteiger partial charge on any atom is 0.344 e. The molecule has 1 atom stereocenters. The minimum Gasteiger partial charge on any atom is -0.126 e. The number of halogens is 3. The van der Waals surface area contributed by atoms with Gasteiger partial charge in [-0.25, -0.2) is 0 Å². The van der Waals surface area contributed by atoms with Gasteiger partial charge < -0.3 is 0 Å². The molecule has 0 aromatic carbocycles. The zero-order chi connectivity index (χ0) is 8.20. The third-order valence-corrected chi connectivity index (χ3v) is 6.31. The van der Waals surface area contributed by atoms with Crippen LogP contribution in [0.2, 0.25) is 5.54 Å². The van der Waals surface area contributed by atoms with E-state index in [1.165, 1.54) is 12.8 Å². The van der Waals surface area contributed by atoms with Crippen LogP contribution in [0.25, 0.3) is 0 Å². The average molecular weight is 220 g/mol. The zero-order valence-corrected chi connectivity index (χ0v) is 9.60. The van der Waals surface area contributed by atoms with Crippen molar-refractivity contribution in [3.63, 3.8) is 0 Å². The minimum absolute atomic E-state index is 0.303. The number of hydrogen-bond acceptors (Lipinski definition) is 0. The predicted molar refractivity (Wildman–Crippen MR) is 52.3 cm³/mol. The monoisotopic (exact) mass is 218 g/mol. The molecule has 0 aliphatic rings. The highest BCUT2D eigenvalue weighted by Crippen LogP contribution is 2.36. The Kier molecular flexibility index (Phi) is 5.39. The summed E-state index contributed by atoms with van der Waals surface area (Å²) < 4.78 is 0. The van der Waals surface area contributed by atoms with E-state index in [-0.39, 0.29) is 0 Å². The Labute approximate surface area is 78.0 Å². The van der Waals surface area contributed by atoms with Crippen LogP contribution in [0.1, 0.15) is 33.1 Å². The van der Waals surface area contributed by atoms with Crippen molar-refractivity contribution < 1.29 is 0 Å². The largest absolute Gasteiger partial charge is 0.344 e. The van der Waals surface area contributed by atoms with Gasteiger partial charge in [-0.2, -0.15) is 0 Å². The van der Waals surface area contributed by atoms with Crippen LogP contribution >= 0.6 is 33.2 Å². The van der Waals surface area contributed by atoms with Gasteiger partial charge >= 0.3 is 6.00 Å². The van der Waals surface area contributed by atoms with Gasteiger partial charge in [-0.15, -0.1) is 33.2 Å². The van der Waals surface area contributed by atoms with Crippen molar-refractivity contribution in [2.75, 3.05) is 0 Å². The van der Waals surface area contributed by atoms with E-state index in [9.17, 15) is 0 Å². The van der Waals surface area contributed by atoms with Crippen molar-refractivity contribution in [3.05, 3.63) is 0 Å². The fourth-order valence-corrected chi connectivity index (χ4v) is 2.19. The van der Waals surface area contributed by atoms with Crippen LogP contribution in [0, 0.1) is 0 Å². The second-order valence-corrected chi connectivity index (χ2v) is 11.8. The Morgan fingerprint density at radius 2 is 1.80 bits per heavy atom. The van der Waals surface area contributed by atoms with Crippen LogP contribution in [0.4, 0.5) is 0 Å². The minimum atomic E-state index is -2.38. The van der Waals surface area contributed by atoms with Gasteiger partial charge in [0.25, 0.3) is 0 Å². The molecular formula is C6H13Cl3Si. The van der Waals surface area contributed by atoms with Crippen LogP contribution < -0.4 is 0 Å². The van der Waals surface area contributed by atoms with E-state index in [0.717, 1.165) is 6.42 Å². The Balaban J connectivity index is 3.52. The molecule has 0 spiro atoms. The second kappa shape index (κ2) is 4.86. The van der Waals surface area contributed by atoms with Crippen molar-refractivity contribution in [1.29, 1.82) is 0 Å². The van der Waals surface area contributed by atoms with Gasteiger partial charge in [0.1, 0.15) is 0 Å². The highest BCUT2D eigenvalue weighted by atomic mass is 35.8. The summed E-state index contributed by atoms with van der Waals surface area (Å²) in [7, 11) is 0. The molecular weight excluding hydrogens is 207 g/mol. The fourth-order valence-electron chi connectivity index (χ4n) is 0.674. The summed E-state index contributed by atoms with van der Waals surface area (Å²) in [5, 5.41) is 0. The molecule has 0 N–H and O–H groups in total. The predicted octanol–water partition coefficient (Wildman–Crippen LogP) is 4.22. The fraction of sp³-hybridized carbons (Fsp3) is 1.00. The lowest BCUT2D eigenvalue weighted by Gasteiger charge is -2.16. The topological polar surface area (TPSA) is 0 Å². The first-order valence-corrected chi connectivity index (χ1v) is 8.66. The summed E-state index contributed by atoms with van der Waals surface area (Å²) in [4.78, 5) is 0. The first-order valence-electron chi connectivity index (χ1n) is 3.55. The molecule has 0 aliphatic carbocycles. The summed E-state index contributed by atoms with van der Waals surface area (Å²) in [6, 6.07) is -2.38. The zero-order valence-electron chi connectivity index (χ0n) is 6.33. The van der Waals surface area contributed by atoms with Gasteiger partial charge in [0.2, 0.25) is 0 Å². The van der Waals surface area contributed by atoms with Crippen molar-refractivity contribution in [3.8, 4) is 0 Å². The molecule has 0 saturated carbocycles. The SMILES string of the molecule is CCCC[C@@H](C)[Si](Cl)(Cl)Cl. The van der Waals surface area contributed by atoms with Crippen molar-refractivity contribution in [1.82, 2.24) is 0 Å². The Morgan fingerprint density at radius 3 is 2.10 bits per heavy atom. The molecule has 0 bridgehead atoms. The van der Waals surface area contributed by atoms with Crippen LogP contribution in [-0.2, 0) is 0 Å². The van der Waals surface area contributed by atoms with Crippen LogP contribution in [0.3, 0.4) is 0 Å². The van der Waals surface area contributed by atoms with Gasteiger partial charge in [0.15, 0.2) is 0 Å². The average Bonchev–Trinajstić information content (AvgIpc) is 1.80. The molecule has 0 aromatic rings. The molecule has 0 amide bonds. The summed E-state index contributed by atoms with van der Waals surface area (Å²) in [5.74, 6) is 0. The standard InChI is InChI=1S/C6H13Cl3Si/c1-3-4-5-6(2)10(7,8)9/h6H,3-5H2,1-2H3/t6-/m1/s1. The van der Waals surface area contributed by atoms with E-state index in [2.05, 4.69) is 6.92 Å². The molecule has 0 nitrogen and oxygen atoms in total. The second-order valence-electron chi connectivity index (χ2n) is 2.58. The van der Waals surface area contributed by atoms with Gasteiger partial charge in [-0.1, -0.05) is 26.7 Å². The molecule has 62 valence electrons. The lowest BCUT2D eigenvalue weighted by molar-refractivity contribution is 0.696. The summed E-state index contributed by atoms with van der Waals surface area (Å²) in [5.41, 5.74) is 0.303. The smallest absolute Gasteiger partial charge is 0.126 e. The molecule has 0 unspecified atom stereocenters. The Morgan fingerprint density at radius 1 is 1.30 bits per heavy atom. The van der Waals surface area contributed by atoms with E-state index < -0.39 is 6.00 Å². The van der Waals surface area contributed by atoms with Crippen LogP contribution in [0.5, 0.6) is 0 Å². The lowest BCUT2D eigenvalue weighted by Crippen LogP contribution is -2.16. The van der Waals surface area contributed by atoms with Crippen LogP contribution in [0.15, 0.2) is 0 Å².